The molecule has 2 aromatic carbocycles. The molecule has 1 N–H and O–H groups in total. The van der Waals surface area contributed by atoms with E-state index in [2.05, 4.69) is 30.1 Å². The van der Waals surface area contributed by atoms with Crippen LogP contribution in [-0.4, -0.2) is 11.4 Å². The smallest absolute Gasteiger partial charge is 0.244 e. The third-order valence-corrected chi connectivity index (χ3v) is 3.07. The molecule has 108 valence electrons. The van der Waals surface area contributed by atoms with E-state index in [9.17, 15) is 4.79 Å². The van der Waals surface area contributed by atoms with Gasteiger partial charge >= 0.3 is 0 Å². The van der Waals surface area contributed by atoms with Crippen LogP contribution in [0.4, 0.5) is 0 Å². The van der Waals surface area contributed by atoms with E-state index in [4.69, 9.17) is 0 Å². The predicted molar refractivity (Wildman–Crippen MR) is 90.0 cm³/mol. The number of amides is 1. The normalized spacial score (nSPS) is 11.8. The van der Waals surface area contributed by atoms with E-state index in [1.165, 1.54) is 11.5 Å². The van der Waals surface area contributed by atoms with Crippen molar-refractivity contribution in [1.82, 2.24) is 5.32 Å². The molecule has 2 aromatic rings. The van der Waals surface area contributed by atoms with Crippen molar-refractivity contribution >= 4 is 22.3 Å². The number of carbonyl (C=O) groups is 1. The van der Waals surface area contributed by atoms with E-state index in [1.54, 1.807) is 6.08 Å². The summed E-state index contributed by atoms with van der Waals surface area (Å²) in [7, 11) is 0. The zero-order valence-corrected chi connectivity index (χ0v) is 12.8. The number of fused-ring (bicyclic) bond motifs is 1. The third-order valence-electron chi connectivity index (χ3n) is 3.07. The number of rotatable bonds is 3. The molecule has 0 saturated heterocycles. The van der Waals surface area contributed by atoms with Gasteiger partial charge in [-0.05, 0) is 48.8 Å². The second-order valence-electron chi connectivity index (χ2n) is 6.12. The first-order valence-corrected chi connectivity index (χ1v) is 7.04. The van der Waals surface area contributed by atoms with E-state index in [1.807, 2.05) is 45.0 Å². The summed E-state index contributed by atoms with van der Waals surface area (Å²) in [5, 5.41) is 5.21. The fourth-order valence-corrected chi connectivity index (χ4v) is 2.18. The lowest BCUT2D eigenvalue weighted by Crippen LogP contribution is -2.39. The Balaban J connectivity index is 2.22. The van der Waals surface area contributed by atoms with Crippen LogP contribution in [0.3, 0.4) is 0 Å². The van der Waals surface area contributed by atoms with Gasteiger partial charge in [-0.25, -0.2) is 0 Å². The van der Waals surface area contributed by atoms with E-state index in [0.29, 0.717) is 0 Å². The molecule has 0 bridgehead atoms. The van der Waals surface area contributed by atoms with Crippen molar-refractivity contribution in [3.63, 3.8) is 0 Å². The Morgan fingerprint density at radius 3 is 2.43 bits per heavy atom. The molecule has 2 rings (SSSR count). The van der Waals surface area contributed by atoms with Crippen LogP contribution >= 0.6 is 0 Å². The van der Waals surface area contributed by atoms with Crippen molar-refractivity contribution < 1.29 is 4.79 Å². The predicted octanol–water partition coefficient (Wildman–Crippen LogP) is 4.32. The summed E-state index contributed by atoms with van der Waals surface area (Å²) in [5.74, 6) is -0.108. The van der Waals surface area contributed by atoms with Crippen LogP contribution in [-0.2, 0) is 4.79 Å². The lowest BCUT2D eigenvalue weighted by Gasteiger charge is -2.19. The quantitative estimate of drug-likeness (QED) is 0.658. The Labute approximate surface area is 126 Å². The number of nitrogens with one attached hydrogen (secondary N) is 1. The summed E-state index contributed by atoms with van der Waals surface area (Å²) in [5.41, 5.74) is 1.64. The SMILES string of the molecule is C=C(/C=C/C(=O)NC(C)(C)C)c1cccc2ccccc12. The van der Waals surface area contributed by atoms with Crippen LogP contribution in [0.25, 0.3) is 16.3 Å². The molecule has 0 radical (unpaired) electrons. The molecule has 0 heterocycles. The second kappa shape index (κ2) is 5.96. The highest BCUT2D eigenvalue weighted by molar-refractivity contribution is 5.97. The summed E-state index contributed by atoms with van der Waals surface area (Å²) in [6.45, 7) is 9.95. The average molecular weight is 279 g/mol. The summed E-state index contributed by atoms with van der Waals surface area (Å²) in [4.78, 5) is 11.8. The summed E-state index contributed by atoms with van der Waals surface area (Å²) < 4.78 is 0. The van der Waals surface area contributed by atoms with Gasteiger partial charge in [0.25, 0.3) is 0 Å². The molecule has 0 aliphatic carbocycles. The van der Waals surface area contributed by atoms with Crippen molar-refractivity contribution in [1.29, 1.82) is 0 Å². The van der Waals surface area contributed by atoms with Crippen LogP contribution in [0.5, 0.6) is 0 Å². The van der Waals surface area contributed by atoms with E-state index < -0.39 is 0 Å². The molecule has 0 spiro atoms. The van der Waals surface area contributed by atoms with Gasteiger partial charge in [0.05, 0.1) is 0 Å². The summed E-state index contributed by atoms with van der Waals surface area (Å²) in [6.07, 6.45) is 3.30. The zero-order valence-electron chi connectivity index (χ0n) is 12.8. The Kier molecular flexibility index (Phi) is 4.27. The van der Waals surface area contributed by atoms with E-state index in [0.717, 1.165) is 16.5 Å². The first kappa shape index (κ1) is 15.0. The molecule has 0 aromatic heterocycles. The van der Waals surface area contributed by atoms with Gasteiger partial charge in [0.1, 0.15) is 0 Å². The highest BCUT2D eigenvalue weighted by atomic mass is 16.1. The Bertz CT molecular complexity index is 700. The van der Waals surface area contributed by atoms with Crippen molar-refractivity contribution in [3.8, 4) is 0 Å². The zero-order chi connectivity index (χ0) is 15.5. The lowest BCUT2D eigenvalue weighted by atomic mass is 9.99. The molecule has 1 amide bonds. The number of allylic oxidation sites excluding steroid dienone is 2. The summed E-state index contributed by atoms with van der Waals surface area (Å²) >= 11 is 0. The van der Waals surface area contributed by atoms with Gasteiger partial charge in [0, 0.05) is 11.6 Å². The standard InChI is InChI=1S/C19H21NO/c1-14(12-13-18(21)20-19(2,3)4)16-11-7-9-15-8-5-6-10-17(15)16/h5-13H,1H2,2-4H3,(H,20,21)/b13-12+. The number of benzene rings is 2. The lowest BCUT2D eigenvalue weighted by molar-refractivity contribution is -0.117. The van der Waals surface area contributed by atoms with Crippen molar-refractivity contribution in [2.75, 3.05) is 0 Å². The van der Waals surface area contributed by atoms with Crippen molar-refractivity contribution in [2.45, 2.75) is 26.3 Å². The minimum absolute atomic E-state index is 0.108. The van der Waals surface area contributed by atoms with Gasteiger partial charge in [-0.15, -0.1) is 0 Å². The molecule has 0 atom stereocenters. The van der Waals surface area contributed by atoms with Crippen LogP contribution in [0.2, 0.25) is 0 Å². The Morgan fingerprint density at radius 1 is 1.05 bits per heavy atom. The van der Waals surface area contributed by atoms with E-state index in [-0.39, 0.29) is 11.4 Å². The van der Waals surface area contributed by atoms with Crippen molar-refractivity contribution in [2.24, 2.45) is 0 Å². The van der Waals surface area contributed by atoms with Crippen LogP contribution in [0.15, 0.2) is 61.2 Å². The van der Waals surface area contributed by atoms with Crippen molar-refractivity contribution in [3.05, 3.63) is 66.8 Å². The molecule has 21 heavy (non-hydrogen) atoms. The van der Waals surface area contributed by atoms with Gasteiger partial charge < -0.3 is 5.32 Å². The van der Waals surface area contributed by atoms with Gasteiger partial charge in [-0.1, -0.05) is 49.0 Å². The molecule has 0 fully saturated rings. The first-order chi connectivity index (χ1) is 9.87. The topological polar surface area (TPSA) is 29.1 Å². The van der Waals surface area contributed by atoms with Gasteiger partial charge in [0.2, 0.25) is 5.91 Å². The highest BCUT2D eigenvalue weighted by Crippen LogP contribution is 2.24. The molecular weight excluding hydrogens is 258 g/mol. The number of carbonyl (C=O) groups excluding carboxylic acids is 1. The van der Waals surface area contributed by atoms with Crippen LogP contribution < -0.4 is 5.32 Å². The monoisotopic (exact) mass is 279 g/mol. The fraction of sp³-hybridized carbons (Fsp3) is 0.211. The fourth-order valence-electron chi connectivity index (χ4n) is 2.18. The summed E-state index contributed by atoms with van der Waals surface area (Å²) in [6, 6.07) is 14.3. The first-order valence-electron chi connectivity index (χ1n) is 7.04. The highest BCUT2D eigenvalue weighted by Gasteiger charge is 2.11. The number of hydrogen-bond acceptors (Lipinski definition) is 1. The van der Waals surface area contributed by atoms with Crippen LogP contribution in [0.1, 0.15) is 26.3 Å². The molecule has 2 nitrogen and oxygen atoms in total. The molecule has 0 aliphatic heterocycles. The maximum atomic E-state index is 11.8. The van der Waals surface area contributed by atoms with Gasteiger partial charge in [-0.2, -0.15) is 0 Å². The maximum Gasteiger partial charge on any atom is 0.244 e. The Morgan fingerprint density at radius 2 is 1.71 bits per heavy atom. The molecule has 2 heteroatoms. The largest absolute Gasteiger partial charge is 0.348 e. The minimum atomic E-state index is -0.234. The average Bonchev–Trinajstić information content (AvgIpc) is 2.42. The molecular formula is C19H21NO. The number of hydrogen-bond donors (Lipinski definition) is 1. The molecule has 0 unspecified atom stereocenters. The van der Waals surface area contributed by atoms with E-state index >= 15 is 0 Å². The van der Waals surface area contributed by atoms with Crippen LogP contribution in [0, 0.1) is 0 Å². The minimum Gasteiger partial charge on any atom is -0.348 e. The maximum absolute atomic E-state index is 11.8. The third kappa shape index (κ3) is 4.06. The van der Waals surface area contributed by atoms with Gasteiger partial charge in [-0.3, -0.25) is 4.79 Å². The van der Waals surface area contributed by atoms with Gasteiger partial charge in [0.15, 0.2) is 0 Å². The Hall–Kier alpha value is -2.35. The molecule has 0 aliphatic rings. The molecule has 0 saturated carbocycles. The second-order valence-corrected chi connectivity index (χ2v) is 6.12.